The number of carbonyl (C=O) groups excluding carboxylic acids is 1. The highest BCUT2D eigenvalue weighted by atomic mass is 35.5. The van der Waals surface area contributed by atoms with E-state index >= 15 is 0 Å². The first kappa shape index (κ1) is 17.1. The number of aryl methyl sites for hydroxylation is 1. The lowest BCUT2D eigenvalue weighted by molar-refractivity contribution is -0.115. The number of H-pyrrole nitrogens is 1. The molecule has 1 aromatic heterocycles. The molecule has 0 radical (unpaired) electrons. The number of amides is 1. The summed E-state index contributed by atoms with van der Waals surface area (Å²) in [6, 6.07) is 11.9. The van der Waals surface area contributed by atoms with Crippen molar-refractivity contribution in [3.63, 3.8) is 0 Å². The molecule has 25 heavy (non-hydrogen) atoms. The lowest BCUT2D eigenvalue weighted by Crippen LogP contribution is -2.15. The van der Waals surface area contributed by atoms with Crippen molar-refractivity contribution in [1.82, 2.24) is 15.2 Å². The Hall–Kier alpha value is -2.73. The molecule has 5 nitrogen and oxygen atoms in total. The zero-order chi connectivity index (χ0) is 17.8. The molecule has 0 spiro atoms. The molecule has 1 heterocycles. The van der Waals surface area contributed by atoms with E-state index in [1.54, 1.807) is 0 Å². The van der Waals surface area contributed by atoms with Crippen LogP contribution in [0, 0.1) is 12.7 Å². The van der Waals surface area contributed by atoms with E-state index in [1.807, 2.05) is 25.1 Å². The van der Waals surface area contributed by atoms with Crippen molar-refractivity contribution < 1.29 is 9.18 Å². The van der Waals surface area contributed by atoms with Crippen molar-refractivity contribution in [2.24, 2.45) is 0 Å². The second-order valence-corrected chi connectivity index (χ2v) is 6.12. The molecular formula is C18H16ClFN4O. The van der Waals surface area contributed by atoms with Gasteiger partial charge in [-0.05, 0) is 30.7 Å². The highest BCUT2D eigenvalue weighted by Gasteiger charge is 2.11. The van der Waals surface area contributed by atoms with Crippen molar-refractivity contribution in [2.75, 3.05) is 5.32 Å². The minimum absolute atomic E-state index is 0.00196. The number of nitrogens with one attached hydrogen (secondary N) is 2. The van der Waals surface area contributed by atoms with Gasteiger partial charge in [0.15, 0.2) is 5.82 Å². The van der Waals surface area contributed by atoms with Crippen LogP contribution in [0.4, 0.5) is 10.1 Å². The molecule has 0 unspecified atom stereocenters. The SMILES string of the molecule is Cc1cccc(Cc2nc(CC(=O)Nc3ccc(F)cc3Cl)n[nH]2)c1. The largest absolute Gasteiger partial charge is 0.324 e. The molecule has 3 aromatic rings. The Bertz CT molecular complexity index is 910. The van der Waals surface area contributed by atoms with Gasteiger partial charge in [-0.25, -0.2) is 9.37 Å². The Balaban J connectivity index is 1.61. The van der Waals surface area contributed by atoms with Gasteiger partial charge in [0.25, 0.3) is 0 Å². The number of nitrogens with zero attached hydrogens (tertiary/aromatic N) is 2. The summed E-state index contributed by atoms with van der Waals surface area (Å²) in [5, 5.41) is 9.67. The summed E-state index contributed by atoms with van der Waals surface area (Å²) in [4.78, 5) is 16.4. The van der Waals surface area contributed by atoms with Gasteiger partial charge in [-0.15, -0.1) is 0 Å². The smallest absolute Gasteiger partial charge is 0.232 e. The highest BCUT2D eigenvalue weighted by Crippen LogP contribution is 2.22. The van der Waals surface area contributed by atoms with Crippen LogP contribution in [-0.2, 0) is 17.6 Å². The molecule has 0 aliphatic rings. The fraction of sp³-hybridized carbons (Fsp3) is 0.167. The lowest BCUT2D eigenvalue weighted by Gasteiger charge is -2.05. The molecular weight excluding hydrogens is 343 g/mol. The van der Waals surface area contributed by atoms with E-state index < -0.39 is 5.82 Å². The van der Waals surface area contributed by atoms with Crippen LogP contribution in [0.15, 0.2) is 42.5 Å². The van der Waals surface area contributed by atoms with Crippen LogP contribution in [0.25, 0.3) is 0 Å². The molecule has 0 bridgehead atoms. The van der Waals surface area contributed by atoms with Crippen LogP contribution in [0.3, 0.4) is 0 Å². The third-order valence-electron chi connectivity index (χ3n) is 3.56. The standard InChI is InChI=1S/C18H16ClFN4O/c1-11-3-2-4-12(7-11)8-16-22-17(24-23-16)10-18(25)21-15-6-5-13(20)9-14(15)19/h2-7,9H,8,10H2,1H3,(H,21,25)(H,22,23,24). The topological polar surface area (TPSA) is 70.7 Å². The van der Waals surface area contributed by atoms with Crippen LogP contribution in [0.2, 0.25) is 5.02 Å². The van der Waals surface area contributed by atoms with Crippen LogP contribution in [-0.4, -0.2) is 21.1 Å². The monoisotopic (exact) mass is 358 g/mol. The van der Waals surface area contributed by atoms with E-state index in [2.05, 4.69) is 26.6 Å². The summed E-state index contributed by atoms with van der Waals surface area (Å²) in [5.41, 5.74) is 2.64. The summed E-state index contributed by atoms with van der Waals surface area (Å²) in [6.45, 7) is 2.03. The normalized spacial score (nSPS) is 10.7. The van der Waals surface area contributed by atoms with Crippen LogP contribution in [0.5, 0.6) is 0 Å². The lowest BCUT2D eigenvalue weighted by atomic mass is 10.1. The molecule has 0 atom stereocenters. The number of rotatable bonds is 5. The number of hydrogen-bond donors (Lipinski definition) is 2. The zero-order valence-electron chi connectivity index (χ0n) is 13.5. The molecule has 3 rings (SSSR count). The van der Waals surface area contributed by atoms with E-state index in [0.29, 0.717) is 23.8 Å². The number of carbonyl (C=O) groups is 1. The average Bonchev–Trinajstić information content (AvgIpc) is 2.97. The van der Waals surface area contributed by atoms with Gasteiger partial charge in [0.2, 0.25) is 5.91 Å². The molecule has 0 saturated carbocycles. The predicted octanol–water partition coefficient (Wildman–Crippen LogP) is 3.68. The highest BCUT2D eigenvalue weighted by molar-refractivity contribution is 6.33. The molecule has 128 valence electrons. The Labute approximate surface area is 149 Å². The van der Waals surface area contributed by atoms with Crippen LogP contribution in [0.1, 0.15) is 22.8 Å². The molecule has 2 aromatic carbocycles. The Morgan fingerprint density at radius 3 is 2.88 bits per heavy atom. The summed E-state index contributed by atoms with van der Waals surface area (Å²) < 4.78 is 13.0. The van der Waals surface area contributed by atoms with Gasteiger partial charge in [0.1, 0.15) is 11.6 Å². The number of anilines is 1. The number of halogens is 2. The Kier molecular flexibility index (Phi) is 5.09. The summed E-state index contributed by atoms with van der Waals surface area (Å²) in [6.07, 6.45) is 0.609. The second kappa shape index (κ2) is 7.44. The first-order valence-electron chi connectivity index (χ1n) is 7.70. The second-order valence-electron chi connectivity index (χ2n) is 5.71. The third kappa shape index (κ3) is 4.64. The fourth-order valence-corrected chi connectivity index (χ4v) is 2.65. The van der Waals surface area contributed by atoms with E-state index in [-0.39, 0.29) is 17.4 Å². The average molecular weight is 359 g/mol. The Morgan fingerprint density at radius 1 is 1.28 bits per heavy atom. The van der Waals surface area contributed by atoms with Gasteiger partial charge < -0.3 is 5.32 Å². The molecule has 7 heteroatoms. The number of aromatic nitrogens is 3. The van der Waals surface area contributed by atoms with Crippen LogP contribution < -0.4 is 5.32 Å². The van der Waals surface area contributed by atoms with Crippen molar-refractivity contribution in [3.8, 4) is 0 Å². The molecule has 1 amide bonds. The Morgan fingerprint density at radius 2 is 2.12 bits per heavy atom. The van der Waals surface area contributed by atoms with Crippen LogP contribution >= 0.6 is 11.6 Å². The minimum Gasteiger partial charge on any atom is -0.324 e. The van der Waals surface area contributed by atoms with Crippen molar-refractivity contribution in [3.05, 3.63) is 76.1 Å². The van der Waals surface area contributed by atoms with Gasteiger partial charge in [-0.2, -0.15) is 5.10 Å². The number of benzene rings is 2. The molecule has 0 aliphatic heterocycles. The molecule has 0 fully saturated rings. The quantitative estimate of drug-likeness (QED) is 0.731. The minimum atomic E-state index is -0.460. The maximum atomic E-state index is 13.0. The molecule has 0 saturated heterocycles. The van der Waals surface area contributed by atoms with Crippen molar-refractivity contribution in [1.29, 1.82) is 0 Å². The number of aromatic amines is 1. The van der Waals surface area contributed by atoms with E-state index in [4.69, 9.17) is 11.6 Å². The van der Waals surface area contributed by atoms with Gasteiger partial charge in [0, 0.05) is 6.42 Å². The van der Waals surface area contributed by atoms with E-state index in [1.165, 1.54) is 17.7 Å². The summed E-state index contributed by atoms with van der Waals surface area (Å²) in [7, 11) is 0. The van der Waals surface area contributed by atoms with E-state index in [0.717, 1.165) is 11.6 Å². The van der Waals surface area contributed by atoms with Gasteiger partial charge >= 0.3 is 0 Å². The first-order chi connectivity index (χ1) is 12.0. The number of hydrogen-bond acceptors (Lipinski definition) is 3. The van der Waals surface area contributed by atoms with Gasteiger partial charge in [-0.1, -0.05) is 41.4 Å². The third-order valence-corrected chi connectivity index (χ3v) is 3.87. The van der Waals surface area contributed by atoms with Gasteiger partial charge in [0.05, 0.1) is 17.1 Å². The summed E-state index contributed by atoms with van der Waals surface area (Å²) in [5.74, 6) is 0.291. The zero-order valence-corrected chi connectivity index (χ0v) is 14.3. The van der Waals surface area contributed by atoms with Crippen molar-refractivity contribution >= 4 is 23.2 Å². The predicted molar refractivity (Wildman–Crippen MR) is 94.1 cm³/mol. The first-order valence-corrected chi connectivity index (χ1v) is 8.08. The maximum absolute atomic E-state index is 13.0. The van der Waals surface area contributed by atoms with Gasteiger partial charge in [-0.3, -0.25) is 9.89 Å². The maximum Gasteiger partial charge on any atom is 0.232 e. The van der Waals surface area contributed by atoms with E-state index in [9.17, 15) is 9.18 Å². The molecule has 0 aliphatic carbocycles. The fourth-order valence-electron chi connectivity index (χ4n) is 2.44. The summed E-state index contributed by atoms with van der Waals surface area (Å²) >= 11 is 5.89. The molecule has 2 N–H and O–H groups in total. The van der Waals surface area contributed by atoms with Crippen molar-refractivity contribution in [2.45, 2.75) is 19.8 Å².